The third-order valence-corrected chi connectivity index (χ3v) is 4.93. The minimum atomic E-state index is -0.0551. The summed E-state index contributed by atoms with van der Waals surface area (Å²) in [6.07, 6.45) is 4.36. The molecule has 1 N–H and O–H groups in total. The van der Waals surface area contributed by atoms with Crippen LogP contribution in [0.1, 0.15) is 25.7 Å². The average molecular weight is 310 g/mol. The normalized spacial score (nSPS) is 23.4. The van der Waals surface area contributed by atoms with Gasteiger partial charge in [-0.2, -0.15) is 0 Å². The van der Waals surface area contributed by atoms with Gasteiger partial charge in [0.25, 0.3) is 5.91 Å². The lowest BCUT2D eigenvalue weighted by Crippen LogP contribution is -2.57. The SMILES string of the molecule is O=C(COc1ccc(Cl)cc1)NC1CCC12CCOCC2. The van der Waals surface area contributed by atoms with E-state index in [9.17, 15) is 4.79 Å². The van der Waals surface area contributed by atoms with E-state index in [1.165, 1.54) is 6.42 Å². The second kappa shape index (κ2) is 6.24. The minimum absolute atomic E-state index is 0.0463. The van der Waals surface area contributed by atoms with Crippen molar-refractivity contribution in [1.29, 1.82) is 0 Å². The fourth-order valence-electron chi connectivity index (χ4n) is 3.21. The molecule has 1 aromatic rings. The molecule has 1 saturated heterocycles. The molecule has 3 rings (SSSR count). The van der Waals surface area contributed by atoms with Gasteiger partial charge in [-0.15, -0.1) is 0 Å². The second-order valence-electron chi connectivity index (χ2n) is 5.88. The van der Waals surface area contributed by atoms with E-state index >= 15 is 0 Å². The van der Waals surface area contributed by atoms with Crippen molar-refractivity contribution in [3.05, 3.63) is 29.3 Å². The third kappa shape index (κ3) is 3.33. The monoisotopic (exact) mass is 309 g/mol. The molecule has 4 nitrogen and oxygen atoms in total. The van der Waals surface area contributed by atoms with Gasteiger partial charge in [-0.1, -0.05) is 11.6 Å². The Morgan fingerprint density at radius 1 is 1.29 bits per heavy atom. The fraction of sp³-hybridized carbons (Fsp3) is 0.562. The van der Waals surface area contributed by atoms with Crippen molar-refractivity contribution in [3.8, 4) is 5.75 Å². The maximum atomic E-state index is 12.0. The molecule has 1 aromatic carbocycles. The molecule has 1 heterocycles. The number of rotatable bonds is 4. The molecule has 1 atom stereocenters. The smallest absolute Gasteiger partial charge is 0.258 e. The van der Waals surface area contributed by atoms with Crippen LogP contribution in [0, 0.1) is 5.41 Å². The fourth-order valence-corrected chi connectivity index (χ4v) is 3.34. The number of carbonyl (C=O) groups excluding carboxylic acids is 1. The summed E-state index contributed by atoms with van der Waals surface area (Å²) in [6, 6.07) is 7.30. The number of nitrogens with one attached hydrogen (secondary N) is 1. The highest BCUT2D eigenvalue weighted by atomic mass is 35.5. The largest absolute Gasteiger partial charge is 0.484 e. The lowest BCUT2D eigenvalue weighted by atomic mass is 9.60. The molecule has 2 aliphatic rings. The Labute approximate surface area is 129 Å². The standard InChI is InChI=1S/C16H20ClNO3/c17-12-1-3-13(4-2-12)21-11-15(19)18-14-5-6-16(14)7-9-20-10-8-16/h1-4,14H,5-11H2,(H,18,19). The highest BCUT2D eigenvalue weighted by Crippen LogP contribution is 2.48. The lowest BCUT2D eigenvalue weighted by Gasteiger charge is -2.52. The first-order chi connectivity index (χ1) is 10.2. The Kier molecular flexibility index (Phi) is 4.36. The van der Waals surface area contributed by atoms with Crippen molar-refractivity contribution >= 4 is 17.5 Å². The summed E-state index contributed by atoms with van der Waals surface area (Å²) < 4.78 is 10.9. The zero-order chi connectivity index (χ0) is 14.7. The van der Waals surface area contributed by atoms with Crippen molar-refractivity contribution in [2.45, 2.75) is 31.7 Å². The second-order valence-corrected chi connectivity index (χ2v) is 6.31. The van der Waals surface area contributed by atoms with E-state index in [1.807, 2.05) is 0 Å². The Balaban J connectivity index is 1.47. The molecule has 5 heteroatoms. The molecule has 1 amide bonds. The molecule has 2 fully saturated rings. The van der Waals surface area contributed by atoms with Gasteiger partial charge in [0.2, 0.25) is 0 Å². The third-order valence-electron chi connectivity index (χ3n) is 4.68. The summed E-state index contributed by atoms with van der Waals surface area (Å²) in [7, 11) is 0. The van der Waals surface area contributed by atoms with E-state index in [2.05, 4.69) is 5.32 Å². The first-order valence-electron chi connectivity index (χ1n) is 7.43. The highest BCUT2D eigenvalue weighted by molar-refractivity contribution is 6.30. The number of hydrogen-bond acceptors (Lipinski definition) is 3. The van der Waals surface area contributed by atoms with Gasteiger partial charge in [0.1, 0.15) is 5.75 Å². The van der Waals surface area contributed by atoms with Crippen LogP contribution in [0.3, 0.4) is 0 Å². The molecule has 21 heavy (non-hydrogen) atoms. The molecule has 0 aromatic heterocycles. The first-order valence-corrected chi connectivity index (χ1v) is 7.81. The van der Waals surface area contributed by atoms with Gasteiger partial charge in [-0.3, -0.25) is 4.79 Å². The van der Waals surface area contributed by atoms with Crippen LogP contribution in [0.4, 0.5) is 0 Å². The first kappa shape index (κ1) is 14.7. The molecule has 0 bridgehead atoms. The summed E-state index contributed by atoms with van der Waals surface area (Å²) in [5.74, 6) is 0.601. The van der Waals surface area contributed by atoms with Gasteiger partial charge >= 0.3 is 0 Å². The highest BCUT2D eigenvalue weighted by Gasteiger charge is 2.47. The predicted octanol–water partition coefficient (Wildman–Crippen LogP) is 2.79. The van der Waals surface area contributed by atoms with Crippen LogP contribution in [0.2, 0.25) is 5.02 Å². The number of carbonyl (C=O) groups is 1. The van der Waals surface area contributed by atoms with E-state index < -0.39 is 0 Å². The topological polar surface area (TPSA) is 47.6 Å². The van der Waals surface area contributed by atoms with Crippen LogP contribution in [-0.4, -0.2) is 31.8 Å². The van der Waals surface area contributed by atoms with Gasteiger partial charge < -0.3 is 14.8 Å². The molecule has 1 aliphatic heterocycles. The summed E-state index contributed by atoms with van der Waals surface area (Å²) >= 11 is 5.81. The number of amides is 1. The minimum Gasteiger partial charge on any atom is -0.484 e. The Hall–Kier alpha value is -1.26. The van der Waals surface area contributed by atoms with Crippen LogP contribution in [0.15, 0.2) is 24.3 Å². The molecule has 0 radical (unpaired) electrons. The Morgan fingerprint density at radius 2 is 2.00 bits per heavy atom. The molecule has 1 aliphatic carbocycles. The van der Waals surface area contributed by atoms with Crippen LogP contribution in [-0.2, 0) is 9.53 Å². The maximum Gasteiger partial charge on any atom is 0.258 e. The van der Waals surface area contributed by atoms with Crippen molar-refractivity contribution in [2.24, 2.45) is 5.41 Å². The van der Waals surface area contributed by atoms with Crippen molar-refractivity contribution in [1.82, 2.24) is 5.32 Å². The quantitative estimate of drug-likeness (QED) is 0.930. The lowest BCUT2D eigenvalue weighted by molar-refractivity contribution is -0.129. The zero-order valence-corrected chi connectivity index (χ0v) is 12.7. The zero-order valence-electron chi connectivity index (χ0n) is 11.9. The predicted molar refractivity (Wildman–Crippen MR) is 80.6 cm³/mol. The molecular weight excluding hydrogens is 290 g/mol. The Bertz CT molecular complexity index is 497. The molecular formula is C16H20ClNO3. The van der Waals surface area contributed by atoms with Gasteiger partial charge in [0.15, 0.2) is 6.61 Å². The molecule has 114 valence electrons. The molecule has 1 spiro atoms. The van der Waals surface area contributed by atoms with Gasteiger partial charge in [-0.05, 0) is 55.4 Å². The number of benzene rings is 1. The van der Waals surface area contributed by atoms with Gasteiger partial charge in [0, 0.05) is 24.3 Å². The summed E-state index contributed by atoms with van der Waals surface area (Å²) in [6.45, 7) is 1.67. The van der Waals surface area contributed by atoms with Crippen LogP contribution in [0.25, 0.3) is 0 Å². The Morgan fingerprint density at radius 3 is 2.62 bits per heavy atom. The van der Waals surface area contributed by atoms with Crippen LogP contribution >= 0.6 is 11.6 Å². The van der Waals surface area contributed by atoms with E-state index in [0.29, 0.717) is 10.8 Å². The van der Waals surface area contributed by atoms with Crippen molar-refractivity contribution in [3.63, 3.8) is 0 Å². The van der Waals surface area contributed by atoms with Gasteiger partial charge in [0.05, 0.1) is 0 Å². The van der Waals surface area contributed by atoms with Crippen LogP contribution in [0.5, 0.6) is 5.75 Å². The van der Waals surface area contributed by atoms with E-state index in [-0.39, 0.29) is 24.0 Å². The van der Waals surface area contributed by atoms with E-state index in [4.69, 9.17) is 21.1 Å². The number of hydrogen-bond donors (Lipinski definition) is 1. The van der Waals surface area contributed by atoms with E-state index in [0.717, 1.165) is 32.5 Å². The van der Waals surface area contributed by atoms with Crippen LogP contribution < -0.4 is 10.1 Å². The number of ether oxygens (including phenoxy) is 2. The average Bonchev–Trinajstić information content (AvgIpc) is 2.52. The number of halogens is 1. The van der Waals surface area contributed by atoms with Crippen molar-refractivity contribution in [2.75, 3.05) is 19.8 Å². The van der Waals surface area contributed by atoms with Gasteiger partial charge in [-0.25, -0.2) is 0 Å². The maximum absolute atomic E-state index is 12.0. The summed E-state index contributed by atoms with van der Waals surface area (Å²) in [4.78, 5) is 12.0. The summed E-state index contributed by atoms with van der Waals surface area (Å²) in [5.41, 5.74) is 0.272. The summed E-state index contributed by atoms with van der Waals surface area (Å²) in [5, 5.41) is 3.77. The molecule has 1 unspecified atom stereocenters. The van der Waals surface area contributed by atoms with Crippen molar-refractivity contribution < 1.29 is 14.3 Å². The molecule has 1 saturated carbocycles. The van der Waals surface area contributed by atoms with E-state index in [1.54, 1.807) is 24.3 Å².